The van der Waals surface area contributed by atoms with E-state index in [1.165, 1.54) is 0 Å². The van der Waals surface area contributed by atoms with Gasteiger partial charge in [-0.2, -0.15) is 0 Å². The fourth-order valence-electron chi connectivity index (χ4n) is 3.24. The Morgan fingerprint density at radius 3 is 2.71 bits per heavy atom. The summed E-state index contributed by atoms with van der Waals surface area (Å²) in [5.41, 5.74) is 3.32. The number of hydrogen-bond acceptors (Lipinski definition) is 1. The lowest BCUT2D eigenvalue weighted by atomic mass is 9.83. The van der Waals surface area contributed by atoms with Gasteiger partial charge in [0.2, 0.25) is 0 Å². The van der Waals surface area contributed by atoms with Crippen molar-refractivity contribution in [3.05, 3.63) is 34.9 Å². The number of hydrogen-bond donors (Lipinski definition) is 1. The van der Waals surface area contributed by atoms with Gasteiger partial charge in [-0.25, -0.2) is 0 Å². The summed E-state index contributed by atoms with van der Waals surface area (Å²) in [6.45, 7) is 9.77. The average Bonchev–Trinajstić information content (AvgIpc) is 2.36. The molecule has 1 heterocycles. The van der Waals surface area contributed by atoms with E-state index in [1.54, 1.807) is 0 Å². The minimum absolute atomic E-state index is 0.0256. The largest absolute Gasteiger partial charge is 0.352 e. The van der Waals surface area contributed by atoms with E-state index in [1.807, 2.05) is 6.07 Å². The molecule has 0 fully saturated rings. The quantitative estimate of drug-likeness (QED) is 0.802. The van der Waals surface area contributed by atoms with Crippen LogP contribution < -0.4 is 5.32 Å². The zero-order valence-corrected chi connectivity index (χ0v) is 14.3. The van der Waals surface area contributed by atoms with Crippen molar-refractivity contribution < 1.29 is 4.79 Å². The Kier molecular flexibility index (Phi) is 4.98. The Labute approximate surface area is 133 Å². The standard InChI is InChI=1S/C18H26ClNO/c1-12(11-18(2,3)4)9-16(19)14-6-5-13-7-8-20-17(21)15(13)10-14/h5-6,10,12,16H,7-9,11H2,1-4H3,(H,20,21). The molecular formula is C18H26ClNO. The number of amides is 1. The molecule has 1 aromatic carbocycles. The van der Waals surface area contributed by atoms with Crippen molar-refractivity contribution in [1.29, 1.82) is 0 Å². The highest BCUT2D eigenvalue weighted by Gasteiger charge is 2.21. The molecule has 1 amide bonds. The summed E-state index contributed by atoms with van der Waals surface area (Å²) in [4.78, 5) is 11.9. The van der Waals surface area contributed by atoms with Crippen molar-refractivity contribution in [2.75, 3.05) is 6.54 Å². The molecule has 0 saturated carbocycles. The van der Waals surface area contributed by atoms with Gasteiger partial charge in [-0.05, 0) is 47.8 Å². The van der Waals surface area contributed by atoms with Crippen LogP contribution in [-0.4, -0.2) is 12.5 Å². The molecule has 3 heteroatoms. The highest BCUT2D eigenvalue weighted by molar-refractivity contribution is 6.20. The predicted octanol–water partition coefficient (Wildman–Crippen LogP) is 4.71. The molecule has 21 heavy (non-hydrogen) atoms. The third kappa shape index (κ3) is 4.47. The Morgan fingerprint density at radius 1 is 1.33 bits per heavy atom. The molecule has 0 aliphatic carbocycles. The van der Waals surface area contributed by atoms with E-state index in [2.05, 4.69) is 45.1 Å². The third-order valence-corrected chi connectivity index (χ3v) is 4.42. The lowest BCUT2D eigenvalue weighted by molar-refractivity contribution is 0.0946. The van der Waals surface area contributed by atoms with Gasteiger partial charge in [-0.1, -0.05) is 39.8 Å². The van der Waals surface area contributed by atoms with Crippen molar-refractivity contribution >= 4 is 17.5 Å². The lowest BCUT2D eigenvalue weighted by Gasteiger charge is -2.25. The van der Waals surface area contributed by atoms with Crippen LogP contribution in [0.4, 0.5) is 0 Å². The molecule has 2 unspecified atom stereocenters. The van der Waals surface area contributed by atoms with E-state index >= 15 is 0 Å². The summed E-state index contributed by atoms with van der Waals surface area (Å²) in [6, 6.07) is 6.12. The first-order chi connectivity index (χ1) is 9.76. The number of nitrogens with one attached hydrogen (secondary N) is 1. The molecule has 1 aromatic rings. The van der Waals surface area contributed by atoms with Gasteiger partial charge in [0, 0.05) is 12.1 Å². The van der Waals surface area contributed by atoms with Crippen molar-refractivity contribution in [2.24, 2.45) is 11.3 Å². The lowest BCUT2D eigenvalue weighted by Crippen LogP contribution is -2.31. The molecular weight excluding hydrogens is 282 g/mol. The third-order valence-electron chi connectivity index (χ3n) is 3.99. The van der Waals surface area contributed by atoms with Crippen LogP contribution in [0, 0.1) is 11.3 Å². The number of alkyl halides is 1. The zero-order chi connectivity index (χ0) is 15.6. The first-order valence-electron chi connectivity index (χ1n) is 7.81. The summed E-state index contributed by atoms with van der Waals surface area (Å²) < 4.78 is 0. The maximum Gasteiger partial charge on any atom is 0.251 e. The number of benzene rings is 1. The van der Waals surface area contributed by atoms with E-state index in [0.29, 0.717) is 11.3 Å². The van der Waals surface area contributed by atoms with E-state index in [4.69, 9.17) is 11.6 Å². The van der Waals surface area contributed by atoms with Crippen molar-refractivity contribution in [2.45, 2.75) is 52.3 Å². The summed E-state index contributed by atoms with van der Waals surface area (Å²) in [5, 5.41) is 2.87. The number of carbonyl (C=O) groups is 1. The molecule has 2 nitrogen and oxygen atoms in total. The van der Waals surface area contributed by atoms with Crippen molar-refractivity contribution in [1.82, 2.24) is 5.32 Å². The van der Waals surface area contributed by atoms with E-state index in [0.717, 1.165) is 42.5 Å². The maximum atomic E-state index is 11.9. The Balaban J connectivity index is 2.08. The monoisotopic (exact) mass is 307 g/mol. The first kappa shape index (κ1) is 16.4. The van der Waals surface area contributed by atoms with Gasteiger partial charge in [-0.15, -0.1) is 11.6 Å². The molecule has 2 atom stereocenters. The van der Waals surface area contributed by atoms with Crippen molar-refractivity contribution in [3.63, 3.8) is 0 Å². The second-order valence-electron chi connectivity index (χ2n) is 7.50. The molecule has 0 aromatic heterocycles. The van der Waals surface area contributed by atoms with Crippen LogP contribution in [-0.2, 0) is 6.42 Å². The molecule has 0 radical (unpaired) electrons. The number of fused-ring (bicyclic) bond motifs is 1. The summed E-state index contributed by atoms with van der Waals surface area (Å²) in [5.74, 6) is 0.599. The number of carbonyl (C=O) groups excluding carboxylic acids is 1. The smallest absolute Gasteiger partial charge is 0.251 e. The van der Waals surface area contributed by atoms with Crippen LogP contribution >= 0.6 is 11.6 Å². The van der Waals surface area contributed by atoms with Crippen LogP contribution in [0.25, 0.3) is 0 Å². The van der Waals surface area contributed by atoms with E-state index < -0.39 is 0 Å². The highest BCUT2D eigenvalue weighted by atomic mass is 35.5. The zero-order valence-electron chi connectivity index (χ0n) is 13.5. The van der Waals surface area contributed by atoms with Gasteiger partial charge in [-0.3, -0.25) is 4.79 Å². The first-order valence-corrected chi connectivity index (χ1v) is 8.25. The molecule has 116 valence electrons. The van der Waals surface area contributed by atoms with Gasteiger partial charge in [0.15, 0.2) is 0 Å². The normalized spacial score (nSPS) is 17.9. The van der Waals surface area contributed by atoms with E-state index in [9.17, 15) is 4.79 Å². The minimum Gasteiger partial charge on any atom is -0.352 e. The van der Waals surface area contributed by atoms with Gasteiger partial charge >= 0.3 is 0 Å². The Bertz CT molecular complexity index is 518. The SMILES string of the molecule is CC(CC(Cl)c1ccc2c(c1)C(=O)NCC2)CC(C)(C)C. The number of halogens is 1. The molecule has 1 N–H and O–H groups in total. The maximum absolute atomic E-state index is 11.9. The second-order valence-corrected chi connectivity index (χ2v) is 8.02. The van der Waals surface area contributed by atoms with Gasteiger partial charge in [0.1, 0.15) is 0 Å². The number of rotatable bonds is 4. The Hall–Kier alpha value is -1.02. The topological polar surface area (TPSA) is 29.1 Å². The van der Waals surface area contributed by atoms with Gasteiger partial charge in [0.05, 0.1) is 5.38 Å². The molecule has 0 spiro atoms. The van der Waals surface area contributed by atoms with Gasteiger partial charge < -0.3 is 5.32 Å². The van der Waals surface area contributed by atoms with Crippen LogP contribution in [0.15, 0.2) is 18.2 Å². The van der Waals surface area contributed by atoms with Crippen molar-refractivity contribution in [3.8, 4) is 0 Å². The fraction of sp³-hybridized carbons (Fsp3) is 0.611. The fourth-order valence-corrected chi connectivity index (χ4v) is 3.68. The average molecular weight is 308 g/mol. The molecule has 0 saturated heterocycles. The molecule has 1 aliphatic heterocycles. The highest BCUT2D eigenvalue weighted by Crippen LogP contribution is 2.34. The second kappa shape index (κ2) is 6.39. The van der Waals surface area contributed by atoms with Crippen LogP contribution in [0.5, 0.6) is 0 Å². The summed E-state index contributed by atoms with van der Waals surface area (Å²) >= 11 is 6.59. The summed E-state index contributed by atoms with van der Waals surface area (Å²) in [6.07, 6.45) is 3.01. The van der Waals surface area contributed by atoms with Crippen LogP contribution in [0.3, 0.4) is 0 Å². The van der Waals surface area contributed by atoms with E-state index in [-0.39, 0.29) is 11.3 Å². The molecule has 0 bridgehead atoms. The van der Waals surface area contributed by atoms with Crippen LogP contribution in [0.2, 0.25) is 0 Å². The predicted molar refractivity (Wildman–Crippen MR) is 88.9 cm³/mol. The minimum atomic E-state index is -0.0256. The Morgan fingerprint density at radius 2 is 2.05 bits per heavy atom. The molecule has 2 rings (SSSR count). The summed E-state index contributed by atoms with van der Waals surface area (Å²) in [7, 11) is 0. The molecule has 1 aliphatic rings. The van der Waals surface area contributed by atoms with Crippen LogP contribution in [0.1, 0.15) is 67.4 Å². The van der Waals surface area contributed by atoms with Gasteiger partial charge in [0.25, 0.3) is 5.91 Å².